The van der Waals surface area contributed by atoms with E-state index in [4.69, 9.17) is 16.4 Å². The molecule has 1 amide bonds. The lowest BCUT2D eigenvalue weighted by Crippen LogP contribution is -2.25. The molecule has 0 saturated carbocycles. The number of halogens is 1. The zero-order valence-electron chi connectivity index (χ0n) is 11.9. The molecule has 3 aromatic rings. The molecule has 2 aromatic carbocycles. The SMILES string of the molecule is O=C(NOCc1ccccc1)c1cc(Cl)ccc1-n1cnnn1. The average Bonchev–Trinajstić information content (AvgIpc) is 3.10. The summed E-state index contributed by atoms with van der Waals surface area (Å²) >= 11 is 5.97. The van der Waals surface area contributed by atoms with Gasteiger partial charge in [-0.1, -0.05) is 41.9 Å². The van der Waals surface area contributed by atoms with Crippen LogP contribution in [0.1, 0.15) is 15.9 Å². The van der Waals surface area contributed by atoms with Gasteiger partial charge in [0.15, 0.2) is 0 Å². The minimum atomic E-state index is -0.436. The van der Waals surface area contributed by atoms with Gasteiger partial charge in [-0.2, -0.15) is 4.68 Å². The molecule has 1 N–H and O–H groups in total. The molecule has 0 radical (unpaired) electrons. The fourth-order valence-electron chi connectivity index (χ4n) is 1.98. The number of hydrogen-bond donors (Lipinski definition) is 1. The molecule has 0 fully saturated rings. The van der Waals surface area contributed by atoms with Gasteiger partial charge in [-0.25, -0.2) is 5.48 Å². The van der Waals surface area contributed by atoms with E-state index in [1.807, 2.05) is 30.3 Å². The molecular formula is C15H12ClN5O2. The number of tetrazole rings is 1. The van der Waals surface area contributed by atoms with Gasteiger partial charge >= 0.3 is 0 Å². The largest absolute Gasteiger partial charge is 0.277 e. The van der Waals surface area contributed by atoms with Gasteiger partial charge < -0.3 is 0 Å². The van der Waals surface area contributed by atoms with E-state index < -0.39 is 5.91 Å². The van der Waals surface area contributed by atoms with Gasteiger partial charge in [-0.05, 0) is 34.2 Å². The summed E-state index contributed by atoms with van der Waals surface area (Å²) in [7, 11) is 0. The first kappa shape index (κ1) is 15.1. The Labute approximate surface area is 136 Å². The molecule has 116 valence electrons. The fourth-order valence-corrected chi connectivity index (χ4v) is 2.15. The molecule has 0 spiro atoms. The zero-order valence-corrected chi connectivity index (χ0v) is 12.6. The number of carbonyl (C=O) groups excluding carboxylic acids is 1. The molecule has 3 rings (SSSR count). The number of hydrogen-bond acceptors (Lipinski definition) is 5. The molecule has 7 nitrogen and oxygen atoms in total. The van der Waals surface area contributed by atoms with E-state index >= 15 is 0 Å². The summed E-state index contributed by atoms with van der Waals surface area (Å²) in [5, 5.41) is 11.3. The third-order valence-electron chi connectivity index (χ3n) is 3.05. The van der Waals surface area contributed by atoms with Crippen LogP contribution in [0.2, 0.25) is 5.02 Å². The van der Waals surface area contributed by atoms with Crippen LogP contribution in [0.4, 0.5) is 0 Å². The van der Waals surface area contributed by atoms with Gasteiger partial charge in [0.2, 0.25) is 0 Å². The lowest BCUT2D eigenvalue weighted by atomic mass is 10.1. The molecule has 0 aliphatic carbocycles. The Balaban J connectivity index is 1.73. The Morgan fingerprint density at radius 2 is 2.04 bits per heavy atom. The van der Waals surface area contributed by atoms with Crippen molar-refractivity contribution in [1.29, 1.82) is 0 Å². The molecule has 0 atom stereocenters. The van der Waals surface area contributed by atoms with E-state index in [0.717, 1.165) is 5.56 Å². The third-order valence-corrected chi connectivity index (χ3v) is 3.28. The molecule has 0 bridgehead atoms. The van der Waals surface area contributed by atoms with Gasteiger partial charge in [0.25, 0.3) is 5.91 Å². The van der Waals surface area contributed by atoms with Gasteiger partial charge in [-0.3, -0.25) is 9.63 Å². The van der Waals surface area contributed by atoms with Crippen LogP contribution in [0.25, 0.3) is 5.69 Å². The first-order valence-corrected chi connectivity index (χ1v) is 7.11. The molecule has 0 aliphatic rings. The lowest BCUT2D eigenvalue weighted by molar-refractivity contribution is 0.0233. The summed E-state index contributed by atoms with van der Waals surface area (Å²) < 4.78 is 1.38. The van der Waals surface area contributed by atoms with Gasteiger partial charge in [-0.15, -0.1) is 5.10 Å². The maximum absolute atomic E-state index is 12.3. The highest BCUT2D eigenvalue weighted by Gasteiger charge is 2.14. The van der Waals surface area contributed by atoms with Crippen molar-refractivity contribution in [3.63, 3.8) is 0 Å². The first-order chi connectivity index (χ1) is 11.2. The monoisotopic (exact) mass is 329 g/mol. The Morgan fingerprint density at radius 3 is 2.78 bits per heavy atom. The van der Waals surface area contributed by atoms with Crippen LogP contribution in [0.15, 0.2) is 54.9 Å². The first-order valence-electron chi connectivity index (χ1n) is 6.73. The Hall–Kier alpha value is -2.77. The van der Waals surface area contributed by atoms with Gasteiger partial charge in [0, 0.05) is 5.02 Å². The van der Waals surface area contributed by atoms with Crippen LogP contribution < -0.4 is 5.48 Å². The number of aromatic nitrogens is 4. The zero-order chi connectivity index (χ0) is 16.1. The van der Waals surface area contributed by atoms with E-state index in [1.54, 1.807) is 12.1 Å². The molecule has 0 saturated heterocycles. The highest BCUT2D eigenvalue weighted by molar-refractivity contribution is 6.31. The van der Waals surface area contributed by atoms with Crippen molar-refractivity contribution in [2.24, 2.45) is 0 Å². The summed E-state index contributed by atoms with van der Waals surface area (Å²) in [4.78, 5) is 17.6. The van der Waals surface area contributed by atoms with Gasteiger partial charge in [0.05, 0.1) is 17.9 Å². The van der Waals surface area contributed by atoms with Crippen molar-refractivity contribution in [3.05, 3.63) is 71.0 Å². The maximum Gasteiger partial charge on any atom is 0.277 e. The van der Waals surface area contributed by atoms with E-state index in [1.165, 1.54) is 17.1 Å². The lowest BCUT2D eigenvalue weighted by Gasteiger charge is -2.10. The average molecular weight is 330 g/mol. The molecule has 8 heteroatoms. The smallest absolute Gasteiger partial charge is 0.269 e. The fraction of sp³-hybridized carbons (Fsp3) is 0.0667. The second kappa shape index (κ2) is 6.99. The van der Waals surface area contributed by atoms with Crippen molar-refractivity contribution in [1.82, 2.24) is 25.7 Å². The number of hydroxylamine groups is 1. The van der Waals surface area contributed by atoms with Crippen LogP contribution in [0, 0.1) is 0 Å². The van der Waals surface area contributed by atoms with Gasteiger partial charge in [0.1, 0.15) is 6.33 Å². The van der Waals surface area contributed by atoms with Crippen molar-refractivity contribution < 1.29 is 9.63 Å². The summed E-state index contributed by atoms with van der Waals surface area (Å²) in [6.45, 7) is 0.257. The second-order valence-corrected chi connectivity index (χ2v) is 5.06. The minimum Gasteiger partial charge on any atom is -0.269 e. The standard InChI is InChI=1S/C15H12ClN5O2/c16-12-6-7-14(21-10-17-19-20-21)13(8-12)15(22)18-23-9-11-4-2-1-3-5-11/h1-8,10H,9H2,(H,18,22). The third kappa shape index (κ3) is 3.71. The predicted molar refractivity (Wildman–Crippen MR) is 82.9 cm³/mol. The summed E-state index contributed by atoms with van der Waals surface area (Å²) in [5.41, 5.74) is 4.15. The normalized spacial score (nSPS) is 10.5. The summed E-state index contributed by atoms with van der Waals surface area (Å²) in [6.07, 6.45) is 1.39. The van der Waals surface area contributed by atoms with Crippen molar-refractivity contribution in [2.75, 3.05) is 0 Å². The van der Waals surface area contributed by atoms with E-state index in [2.05, 4.69) is 21.0 Å². The van der Waals surface area contributed by atoms with Crippen LogP contribution >= 0.6 is 11.6 Å². The Bertz CT molecular complexity index is 793. The van der Waals surface area contributed by atoms with Crippen LogP contribution in [-0.4, -0.2) is 26.1 Å². The maximum atomic E-state index is 12.3. The molecule has 0 aliphatic heterocycles. The van der Waals surface area contributed by atoms with Crippen LogP contribution in [-0.2, 0) is 11.4 Å². The summed E-state index contributed by atoms with van der Waals surface area (Å²) in [6, 6.07) is 14.3. The molecule has 0 unspecified atom stereocenters. The number of rotatable bonds is 5. The highest BCUT2D eigenvalue weighted by atomic mass is 35.5. The number of carbonyl (C=O) groups is 1. The molecule has 1 heterocycles. The molecule has 1 aromatic heterocycles. The topological polar surface area (TPSA) is 81.9 Å². The quantitative estimate of drug-likeness (QED) is 0.725. The number of amides is 1. The summed E-state index contributed by atoms with van der Waals surface area (Å²) in [5.74, 6) is -0.436. The Kier molecular flexibility index (Phi) is 4.60. The van der Waals surface area contributed by atoms with Crippen LogP contribution in [0.5, 0.6) is 0 Å². The number of benzene rings is 2. The van der Waals surface area contributed by atoms with Crippen LogP contribution in [0.3, 0.4) is 0 Å². The number of nitrogens with one attached hydrogen (secondary N) is 1. The van der Waals surface area contributed by atoms with Crippen molar-refractivity contribution in [2.45, 2.75) is 6.61 Å². The van der Waals surface area contributed by atoms with Crippen molar-refractivity contribution in [3.8, 4) is 5.69 Å². The molecular weight excluding hydrogens is 318 g/mol. The van der Waals surface area contributed by atoms with Crippen molar-refractivity contribution >= 4 is 17.5 Å². The number of nitrogens with zero attached hydrogens (tertiary/aromatic N) is 4. The Morgan fingerprint density at radius 1 is 1.22 bits per heavy atom. The second-order valence-electron chi connectivity index (χ2n) is 4.62. The van der Waals surface area contributed by atoms with E-state index in [0.29, 0.717) is 16.3 Å². The predicted octanol–water partition coefficient (Wildman–Crippen LogP) is 2.18. The van der Waals surface area contributed by atoms with E-state index in [9.17, 15) is 4.79 Å². The van der Waals surface area contributed by atoms with E-state index in [-0.39, 0.29) is 6.61 Å². The minimum absolute atomic E-state index is 0.257. The molecule has 23 heavy (non-hydrogen) atoms. The highest BCUT2D eigenvalue weighted by Crippen LogP contribution is 2.19.